The van der Waals surface area contributed by atoms with Crippen LogP contribution < -0.4 is 0 Å². The van der Waals surface area contributed by atoms with Gasteiger partial charge in [-0.25, -0.2) is 0 Å². The van der Waals surface area contributed by atoms with E-state index in [4.69, 9.17) is 4.74 Å². The van der Waals surface area contributed by atoms with E-state index in [2.05, 4.69) is 6.07 Å². The molecule has 1 unspecified atom stereocenters. The number of carbonyl (C=O) groups excluding carboxylic acids is 1. The number of thioether (sulfide) groups is 1. The zero-order chi connectivity index (χ0) is 10.7. The summed E-state index contributed by atoms with van der Waals surface area (Å²) >= 11 is 1.81. The van der Waals surface area contributed by atoms with Gasteiger partial charge in [0.25, 0.3) is 0 Å². The van der Waals surface area contributed by atoms with Gasteiger partial charge in [-0.05, 0) is 25.5 Å². The minimum atomic E-state index is 0.125. The van der Waals surface area contributed by atoms with Gasteiger partial charge in [-0.1, -0.05) is 12.1 Å². The van der Waals surface area contributed by atoms with Gasteiger partial charge in [0, 0.05) is 22.3 Å². The molecule has 0 spiro atoms. The number of hydrogen-bond acceptors (Lipinski definition) is 3. The summed E-state index contributed by atoms with van der Waals surface area (Å²) in [5, 5.41) is 0.548. The van der Waals surface area contributed by atoms with Crippen LogP contribution in [0.5, 0.6) is 0 Å². The minimum Gasteiger partial charge on any atom is -0.380 e. The number of Topliss-reactive ketones (excluding diaryl/α,β-unsaturated/α-hetero) is 1. The van der Waals surface area contributed by atoms with Crippen molar-refractivity contribution in [2.75, 3.05) is 13.2 Å². The zero-order valence-electron chi connectivity index (χ0n) is 8.73. The largest absolute Gasteiger partial charge is 0.380 e. The van der Waals surface area contributed by atoms with Crippen LogP contribution in [-0.2, 0) is 4.74 Å². The van der Waals surface area contributed by atoms with Crippen molar-refractivity contribution < 1.29 is 9.53 Å². The highest BCUT2D eigenvalue weighted by Crippen LogP contribution is 2.29. The van der Waals surface area contributed by atoms with Gasteiger partial charge in [0.15, 0.2) is 5.78 Å². The van der Waals surface area contributed by atoms with Gasteiger partial charge in [0.1, 0.15) is 0 Å². The van der Waals surface area contributed by atoms with Crippen LogP contribution >= 0.6 is 11.8 Å². The van der Waals surface area contributed by atoms with E-state index in [0.29, 0.717) is 5.25 Å². The first kappa shape index (κ1) is 10.7. The second kappa shape index (κ2) is 4.81. The van der Waals surface area contributed by atoms with Gasteiger partial charge in [-0.3, -0.25) is 4.79 Å². The molecule has 0 amide bonds. The summed E-state index contributed by atoms with van der Waals surface area (Å²) in [6.45, 7) is 3.29. The Labute approximate surface area is 94.0 Å². The lowest BCUT2D eigenvalue weighted by Crippen LogP contribution is -2.00. The Hall–Kier alpha value is -0.800. The summed E-state index contributed by atoms with van der Waals surface area (Å²) in [4.78, 5) is 12.4. The fraction of sp³-hybridized carbons (Fsp3) is 0.417. The van der Waals surface area contributed by atoms with Crippen molar-refractivity contribution in [1.82, 2.24) is 0 Å². The molecule has 1 atom stereocenters. The molecule has 3 heteroatoms. The molecule has 0 aromatic heterocycles. The number of carbonyl (C=O) groups is 1. The Morgan fingerprint density at radius 3 is 3.07 bits per heavy atom. The molecule has 1 heterocycles. The second-order valence-electron chi connectivity index (χ2n) is 3.69. The molecule has 1 saturated heterocycles. The lowest BCUT2D eigenvalue weighted by Gasteiger charge is -2.07. The van der Waals surface area contributed by atoms with Crippen LogP contribution in [-0.4, -0.2) is 24.2 Å². The van der Waals surface area contributed by atoms with E-state index < -0.39 is 0 Å². The van der Waals surface area contributed by atoms with E-state index in [0.717, 1.165) is 25.2 Å². The van der Waals surface area contributed by atoms with Crippen molar-refractivity contribution >= 4 is 17.5 Å². The second-order valence-corrected chi connectivity index (χ2v) is 5.06. The average Bonchev–Trinajstić information content (AvgIpc) is 2.71. The first-order valence-corrected chi connectivity index (χ1v) is 5.99. The van der Waals surface area contributed by atoms with Crippen LogP contribution in [0.1, 0.15) is 23.7 Å². The van der Waals surface area contributed by atoms with Crippen molar-refractivity contribution in [3.63, 3.8) is 0 Å². The van der Waals surface area contributed by atoms with Crippen molar-refractivity contribution in [3.05, 3.63) is 29.8 Å². The number of benzene rings is 1. The van der Waals surface area contributed by atoms with Gasteiger partial charge in [-0.15, -0.1) is 11.8 Å². The van der Waals surface area contributed by atoms with Crippen LogP contribution in [0.3, 0.4) is 0 Å². The topological polar surface area (TPSA) is 26.3 Å². The third kappa shape index (κ3) is 2.83. The summed E-state index contributed by atoms with van der Waals surface area (Å²) in [6, 6.07) is 7.81. The Balaban J connectivity index is 2.07. The van der Waals surface area contributed by atoms with E-state index in [-0.39, 0.29) is 5.78 Å². The van der Waals surface area contributed by atoms with Crippen molar-refractivity contribution in [2.24, 2.45) is 0 Å². The highest BCUT2D eigenvalue weighted by molar-refractivity contribution is 8.00. The van der Waals surface area contributed by atoms with E-state index in [1.165, 1.54) is 4.90 Å². The predicted molar refractivity (Wildman–Crippen MR) is 61.5 cm³/mol. The zero-order valence-corrected chi connectivity index (χ0v) is 9.55. The summed E-state index contributed by atoms with van der Waals surface area (Å²) in [6.07, 6.45) is 1.11. The molecule has 2 nitrogen and oxygen atoms in total. The highest BCUT2D eigenvalue weighted by Gasteiger charge is 2.16. The quantitative estimate of drug-likeness (QED) is 0.736. The molecule has 1 fully saturated rings. The SMILES string of the molecule is CC(=O)c1cccc(SC2CCOC2)c1. The van der Waals surface area contributed by atoms with E-state index >= 15 is 0 Å². The molecular formula is C12H14O2S. The van der Waals surface area contributed by atoms with Gasteiger partial charge in [0.05, 0.1) is 6.61 Å². The number of ether oxygens (including phenoxy) is 1. The minimum absolute atomic E-state index is 0.125. The van der Waals surface area contributed by atoms with Gasteiger partial charge >= 0.3 is 0 Å². The molecule has 0 aliphatic carbocycles. The summed E-state index contributed by atoms with van der Waals surface area (Å²) in [5.41, 5.74) is 0.791. The fourth-order valence-electron chi connectivity index (χ4n) is 1.59. The van der Waals surface area contributed by atoms with Gasteiger partial charge < -0.3 is 4.74 Å². The van der Waals surface area contributed by atoms with E-state index in [9.17, 15) is 4.79 Å². The van der Waals surface area contributed by atoms with Gasteiger partial charge in [0.2, 0.25) is 0 Å². The molecule has 1 aliphatic heterocycles. The van der Waals surface area contributed by atoms with E-state index in [1.807, 2.05) is 18.2 Å². The third-order valence-electron chi connectivity index (χ3n) is 2.43. The average molecular weight is 222 g/mol. The van der Waals surface area contributed by atoms with Crippen molar-refractivity contribution in [1.29, 1.82) is 0 Å². The van der Waals surface area contributed by atoms with Crippen LogP contribution in [0.2, 0.25) is 0 Å². The Morgan fingerprint density at radius 2 is 2.40 bits per heavy atom. The lowest BCUT2D eigenvalue weighted by molar-refractivity contribution is 0.101. The summed E-state index contributed by atoms with van der Waals surface area (Å²) < 4.78 is 5.32. The summed E-state index contributed by atoms with van der Waals surface area (Å²) in [5.74, 6) is 0.125. The molecule has 15 heavy (non-hydrogen) atoms. The molecule has 0 N–H and O–H groups in total. The van der Waals surface area contributed by atoms with Crippen LogP contribution in [0.4, 0.5) is 0 Å². The number of rotatable bonds is 3. The predicted octanol–water partition coefficient (Wildman–Crippen LogP) is 2.77. The molecule has 1 aliphatic rings. The first-order chi connectivity index (χ1) is 7.25. The molecule has 0 bridgehead atoms. The number of ketones is 1. The maximum atomic E-state index is 11.2. The molecule has 2 rings (SSSR count). The molecule has 1 aromatic rings. The monoisotopic (exact) mass is 222 g/mol. The third-order valence-corrected chi connectivity index (χ3v) is 3.66. The molecule has 1 aromatic carbocycles. The highest BCUT2D eigenvalue weighted by atomic mass is 32.2. The Kier molecular flexibility index (Phi) is 3.44. The van der Waals surface area contributed by atoms with Crippen molar-refractivity contribution in [2.45, 2.75) is 23.5 Å². The van der Waals surface area contributed by atoms with Crippen LogP contribution in [0.15, 0.2) is 29.2 Å². The fourth-order valence-corrected chi connectivity index (χ4v) is 2.70. The molecule has 0 saturated carbocycles. The maximum absolute atomic E-state index is 11.2. The first-order valence-electron chi connectivity index (χ1n) is 5.11. The van der Waals surface area contributed by atoms with Crippen LogP contribution in [0.25, 0.3) is 0 Å². The maximum Gasteiger partial charge on any atom is 0.159 e. The van der Waals surface area contributed by atoms with Crippen LogP contribution in [0, 0.1) is 0 Å². The summed E-state index contributed by atoms with van der Waals surface area (Å²) in [7, 11) is 0. The smallest absolute Gasteiger partial charge is 0.159 e. The van der Waals surface area contributed by atoms with Gasteiger partial charge in [-0.2, -0.15) is 0 Å². The molecule has 0 radical (unpaired) electrons. The molecule has 80 valence electrons. The standard InChI is InChI=1S/C12H14O2S/c1-9(13)10-3-2-4-11(7-10)15-12-5-6-14-8-12/h2-4,7,12H,5-6,8H2,1H3. The van der Waals surface area contributed by atoms with E-state index in [1.54, 1.807) is 18.7 Å². The lowest BCUT2D eigenvalue weighted by atomic mass is 10.2. The van der Waals surface area contributed by atoms with Crippen molar-refractivity contribution in [3.8, 4) is 0 Å². The normalized spacial score (nSPS) is 20.5. The number of hydrogen-bond donors (Lipinski definition) is 0. The Morgan fingerprint density at radius 1 is 1.53 bits per heavy atom. The Bertz CT molecular complexity index is 356. The molecular weight excluding hydrogens is 208 g/mol.